The number of thiazole rings is 1. The first kappa shape index (κ1) is 17.5. The molecule has 1 aromatic carbocycles. The Morgan fingerprint density at radius 1 is 1.42 bits per heavy atom. The molecule has 0 amide bonds. The molecule has 0 aliphatic carbocycles. The summed E-state index contributed by atoms with van der Waals surface area (Å²) in [6.45, 7) is 3.53. The summed E-state index contributed by atoms with van der Waals surface area (Å²) in [6.07, 6.45) is 1.17. The van der Waals surface area contributed by atoms with Gasteiger partial charge in [0.25, 0.3) is 0 Å². The SMILES string of the molecule is CC(=NNC(=N)N)c1sc(NN=Cc2cc(F)ccc2F)nc1C. The molecule has 0 unspecified atom stereocenters. The van der Waals surface area contributed by atoms with Crippen molar-refractivity contribution in [2.75, 3.05) is 5.43 Å². The highest BCUT2D eigenvalue weighted by Gasteiger charge is 2.10. The van der Waals surface area contributed by atoms with E-state index in [1.54, 1.807) is 13.8 Å². The van der Waals surface area contributed by atoms with E-state index in [0.717, 1.165) is 23.1 Å². The molecule has 126 valence electrons. The van der Waals surface area contributed by atoms with Crippen molar-refractivity contribution in [2.45, 2.75) is 13.8 Å². The van der Waals surface area contributed by atoms with Crippen LogP contribution in [-0.4, -0.2) is 22.9 Å². The average Bonchev–Trinajstić information content (AvgIpc) is 2.89. The lowest BCUT2D eigenvalue weighted by atomic mass is 10.2. The highest BCUT2D eigenvalue weighted by atomic mass is 32.1. The molecule has 1 heterocycles. The van der Waals surface area contributed by atoms with Gasteiger partial charge in [-0.05, 0) is 32.0 Å². The lowest BCUT2D eigenvalue weighted by molar-refractivity contribution is 0.598. The fraction of sp³-hybridized carbons (Fsp3) is 0.143. The minimum atomic E-state index is -0.573. The summed E-state index contributed by atoms with van der Waals surface area (Å²) in [4.78, 5) is 5.04. The van der Waals surface area contributed by atoms with Crippen molar-refractivity contribution in [3.63, 3.8) is 0 Å². The normalized spacial score (nSPS) is 11.8. The Hall–Kier alpha value is -2.88. The van der Waals surface area contributed by atoms with Gasteiger partial charge in [0.2, 0.25) is 11.1 Å². The highest BCUT2D eigenvalue weighted by molar-refractivity contribution is 7.17. The first-order valence-electron chi connectivity index (χ1n) is 6.73. The second-order valence-corrected chi connectivity index (χ2v) is 5.69. The number of nitrogens with one attached hydrogen (secondary N) is 3. The molecule has 0 radical (unpaired) electrons. The molecule has 1 aromatic heterocycles. The second-order valence-electron chi connectivity index (χ2n) is 4.69. The Labute approximate surface area is 140 Å². The van der Waals surface area contributed by atoms with E-state index in [0.29, 0.717) is 16.5 Å². The topological polar surface area (TPSA) is 112 Å². The van der Waals surface area contributed by atoms with Gasteiger partial charge in [0.1, 0.15) is 11.6 Å². The van der Waals surface area contributed by atoms with Crippen LogP contribution in [0.1, 0.15) is 23.1 Å². The molecular weight excluding hydrogens is 336 g/mol. The van der Waals surface area contributed by atoms with E-state index in [9.17, 15) is 8.78 Å². The third kappa shape index (κ3) is 4.56. The average molecular weight is 351 g/mol. The van der Waals surface area contributed by atoms with Crippen molar-refractivity contribution in [2.24, 2.45) is 15.9 Å². The fourth-order valence-corrected chi connectivity index (χ4v) is 2.61. The van der Waals surface area contributed by atoms with E-state index in [-0.39, 0.29) is 11.5 Å². The third-order valence-corrected chi connectivity index (χ3v) is 3.96. The van der Waals surface area contributed by atoms with Crippen LogP contribution in [-0.2, 0) is 0 Å². The molecule has 0 fully saturated rings. The molecule has 24 heavy (non-hydrogen) atoms. The predicted octanol–water partition coefficient (Wildman–Crippen LogP) is 2.38. The summed E-state index contributed by atoms with van der Waals surface area (Å²) in [5, 5.41) is 15.3. The fourth-order valence-electron chi connectivity index (χ4n) is 1.75. The van der Waals surface area contributed by atoms with Gasteiger partial charge < -0.3 is 5.73 Å². The summed E-state index contributed by atoms with van der Waals surface area (Å²) >= 11 is 1.28. The van der Waals surface area contributed by atoms with Crippen molar-refractivity contribution < 1.29 is 8.78 Å². The molecule has 0 bridgehead atoms. The monoisotopic (exact) mass is 351 g/mol. The lowest BCUT2D eigenvalue weighted by Crippen LogP contribution is -2.26. The van der Waals surface area contributed by atoms with Crippen LogP contribution < -0.4 is 16.6 Å². The smallest absolute Gasteiger partial charge is 0.206 e. The van der Waals surface area contributed by atoms with Crippen LogP contribution in [0.2, 0.25) is 0 Å². The van der Waals surface area contributed by atoms with Gasteiger partial charge in [-0.25, -0.2) is 19.2 Å². The van der Waals surface area contributed by atoms with Gasteiger partial charge in [-0.2, -0.15) is 10.2 Å². The molecular formula is C14H15F2N7S. The number of benzene rings is 1. The first-order valence-corrected chi connectivity index (χ1v) is 7.54. The maximum absolute atomic E-state index is 13.5. The van der Waals surface area contributed by atoms with Crippen LogP contribution >= 0.6 is 11.3 Å². The van der Waals surface area contributed by atoms with E-state index >= 15 is 0 Å². The number of hydrazone groups is 2. The molecule has 2 rings (SSSR count). The number of rotatable bonds is 5. The molecule has 0 atom stereocenters. The Kier molecular flexibility index (Phi) is 5.53. The van der Waals surface area contributed by atoms with Gasteiger partial charge in [0.05, 0.1) is 22.5 Å². The number of nitrogens with two attached hydrogens (primary N) is 1. The second kappa shape index (κ2) is 7.59. The van der Waals surface area contributed by atoms with Crippen LogP contribution in [0.25, 0.3) is 0 Å². The Morgan fingerprint density at radius 3 is 2.88 bits per heavy atom. The number of guanidine groups is 1. The molecule has 10 heteroatoms. The summed E-state index contributed by atoms with van der Waals surface area (Å²) in [6, 6.07) is 3.11. The Balaban J connectivity index is 2.10. The maximum Gasteiger partial charge on any atom is 0.206 e. The molecule has 7 nitrogen and oxygen atoms in total. The minimum absolute atomic E-state index is 0.0272. The highest BCUT2D eigenvalue weighted by Crippen LogP contribution is 2.23. The molecule has 0 aliphatic heterocycles. The van der Waals surface area contributed by atoms with Gasteiger partial charge in [0.15, 0.2) is 0 Å². The van der Waals surface area contributed by atoms with E-state index in [2.05, 4.69) is 26.0 Å². The van der Waals surface area contributed by atoms with Crippen molar-refractivity contribution in [3.05, 3.63) is 46.0 Å². The number of hydrogen-bond donors (Lipinski definition) is 4. The number of halogens is 2. The summed E-state index contributed by atoms with van der Waals surface area (Å²) in [7, 11) is 0. The molecule has 5 N–H and O–H groups in total. The summed E-state index contributed by atoms with van der Waals surface area (Å²) < 4.78 is 26.5. The number of aromatic nitrogens is 1. The standard InChI is InChI=1S/C14H15F2N7S/c1-7-12(8(2)21-22-13(17)18)24-14(20-7)23-19-6-9-5-10(15)3-4-11(9)16/h3-6H,1-2H3,(H,20,23)(H4,17,18,22). The van der Waals surface area contributed by atoms with Crippen molar-refractivity contribution in [1.82, 2.24) is 10.4 Å². The van der Waals surface area contributed by atoms with E-state index < -0.39 is 11.6 Å². The minimum Gasteiger partial charge on any atom is -0.369 e. The van der Waals surface area contributed by atoms with Crippen LogP contribution in [0.5, 0.6) is 0 Å². The van der Waals surface area contributed by atoms with Crippen LogP contribution in [0.3, 0.4) is 0 Å². The predicted molar refractivity (Wildman–Crippen MR) is 91.7 cm³/mol. The van der Waals surface area contributed by atoms with Gasteiger partial charge in [-0.15, -0.1) is 0 Å². The molecule has 0 saturated carbocycles. The van der Waals surface area contributed by atoms with E-state index in [4.69, 9.17) is 11.1 Å². The zero-order valence-electron chi connectivity index (χ0n) is 12.9. The van der Waals surface area contributed by atoms with Gasteiger partial charge in [-0.1, -0.05) is 11.3 Å². The quantitative estimate of drug-likeness (QED) is 0.376. The molecule has 0 spiro atoms. The lowest BCUT2D eigenvalue weighted by Gasteiger charge is -1.99. The molecule has 0 saturated heterocycles. The van der Waals surface area contributed by atoms with Gasteiger partial charge in [-0.3, -0.25) is 10.8 Å². The largest absolute Gasteiger partial charge is 0.369 e. The summed E-state index contributed by atoms with van der Waals surface area (Å²) in [5.41, 5.74) is 11.5. The van der Waals surface area contributed by atoms with E-state index in [1.165, 1.54) is 17.6 Å². The number of hydrogen-bond acceptors (Lipinski definition) is 6. The zero-order valence-corrected chi connectivity index (χ0v) is 13.7. The number of anilines is 1. The van der Waals surface area contributed by atoms with E-state index in [1.807, 2.05) is 0 Å². The van der Waals surface area contributed by atoms with Crippen LogP contribution in [0, 0.1) is 24.0 Å². The number of aryl methyl sites for hydroxylation is 1. The molecule has 0 aliphatic rings. The van der Waals surface area contributed by atoms with Crippen molar-refractivity contribution in [3.8, 4) is 0 Å². The molecule has 2 aromatic rings. The third-order valence-electron chi connectivity index (χ3n) is 2.79. The number of nitrogens with zero attached hydrogens (tertiary/aromatic N) is 3. The Morgan fingerprint density at radius 2 is 2.17 bits per heavy atom. The summed E-state index contributed by atoms with van der Waals surface area (Å²) in [5.74, 6) is -1.39. The van der Waals surface area contributed by atoms with Gasteiger partial charge >= 0.3 is 0 Å². The Bertz CT molecular complexity index is 813. The van der Waals surface area contributed by atoms with Crippen LogP contribution in [0.4, 0.5) is 13.9 Å². The maximum atomic E-state index is 13.5. The van der Waals surface area contributed by atoms with Crippen molar-refractivity contribution in [1.29, 1.82) is 5.41 Å². The first-order chi connectivity index (χ1) is 11.4. The van der Waals surface area contributed by atoms with Crippen LogP contribution in [0.15, 0.2) is 28.4 Å². The zero-order chi connectivity index (χ0) is 17.7. The van der Waals surface area contributed by atoms with Gasteiger partial charge in [0, 0.05) is 5.56 Å². The van der Waals surface area contributed by atoms with Crippen molar-refractivity contribution >= 4 is 34.4 Å².